The molecule has 0 heterocycles. The third kappa shape index (κ3) is 3.47. The highest BCUT2D eigenvalue weighted by Gasteiger charge is 2.30. The van der Waals surface area contributed by atoms with Gasteiger partial charge in [0.05, 0.1) is 17.6 Å². The van der Waals surface area contributed by atoms with Crippen molar-refractivity contribution in [3.8, 4) is 11.1 Å². The number of nitrogens with zero attached hydrogens (tertiary/aromatic N) is 1. The predicted octanol–water partition coefficient (Wildman–Crippen LogP) is 4.07. The van der Waals surface area contributed by atoms with Gasteiger partial charge in [0.25, 0.3) is 5.69 Å². The molecule has 0 N–H and O–H groups in total. The molecule has 0 aliphatic carbocycles. The largest absolute Gasteiger partial charge is 0.465 e. The molecule has 0 fully saturated rings. The number of hydrogen-bond donors (Lipinski definition) is 0. The second-order valence-electron chi connectivity index (χ2n) is 4.56. The maximum absolute atomic E-state index is 12.5. The molecule has 0 amide bonds. The number of rotatable bonds is 3. The van der Waals surface area contributed by atoms with Crippen LogP contribution in [0.3, 0.4) is 0 Å². The summed E-state index contributed by atoms with van der Waals surface area (Å²) >= 11 is 0. The number of carbonyl (C=O) groups excluding carboxylic acids is 1. The zero-order valence-electron chi connectivity index (χ0n) is 11.8. The molecule has 2 rings (SSSR count). The van der Waals surface area contributed by atoms with Gasteiger partial charge in [-0.15, -0.1) is 0 Å². The summed E-state index contributed by atoms with van der Waals surface area (Å²) in [6.07, 6.45) is -4.46. The Balaban J connectivity index is 2.46. The predicted molar refractivity (Wildman–Crippen MR) is 74.9 cm³/mol. The summed E-state index contributed by atoms with van der Waals surface area (Å²) in [5.41, 5.74) is -0.847. The molecule has 0 saturated carbocycles. The third-order valence-corrected chi connectivity index (χ3v) is 3.15. The third-order valence-electron chi connectivity index (χ3n) is 3.15. The molecule has 2 aromatic rings. The van der Waals surface area contributed by atoms with Gasteiger partial charge in [-0.25, -0.2) is 4.79 Å². The van der Waals surface area contributed by atoms with Gasteiger partial charge in [-0.1, -0.05) is 18.2 Å². The van der Waals surface area contributed by atoms with Crippen LogP contribution in [0.25, 0.3) is 11.1 Å². The first-order valence-electron chi connectivity index (χ1n) is 6.28. The Morgan fingerprint density at radius 3 is 2.13 bits per heavy atom. The van der Waals surface area contributed by atoms with E-state index < -0.39 is 28.3 Å². The van der Waals surface area contributed by atoms with Crippen molar-refractivity contribution >= 4 is 11.7 Å². The Morgan fingerprint density at radius 2 is 1.65 bits per heavy atom. The van der Waals surface area contributed by atoms with Gasteiger partial charge in [0, 0.05) is 6.07 Å². The first kappa shape index (κ1) is 16.5. The van der Waals surface area contributed by atoms with Crippen molar-refractivity contribution in [1.82, 2.24) is 0 Å². The van der Waals surface area contributed by atoms with Crippen molar-refractivity contribution in [3.05, 3.63) is 63.7 Å². The summed E-state index contributed by atoms with van der Waals surface area (Å²) < 4.78 is 42.1. The molecule has 8 heteroatoms. The van der Waals surface area contributed by atoms with Crippen LogP contribution in [0.4, 0.5) is 18.9 Å². The van der Waals surface area contributed by atoms with Crippen LogP contribution in [0, 0.1) is 10.1 Å². The number of hydrogen-bond acceptors (Lipinski definition) is 4. The van der Waals surface area contributed by atoms with Gasteiger partial charge in [-0.05, 0) is 29.3 Å². The molecule has 0 aliphatic heterocycles. The average molecular weight is 325 g/mol. The Labute approximate surface area is 128 Å². The Kier molecular flexibility index (Phi) is 4.35. The Morgan fingerprint density at radius 1 is 1.09 bits per heavy atom. The molecule has 0 unspecified atom stereocenters. The standard InChI is InChI=1S/C15H10F3NO4/c1-23-14(20)12-7-4-10(8-13(12)19(21)22)9-2-5-11(6-3-9)15(16,17)18/h2-8H,1H3. The van der Waals surface area contributed by atoms with Crippen LogP contribution in [-0.2, 0) is 10.9 Å². The van der Waals surface area contributed by atoms with Crippen molar-refractivity contribution < 1.29 is 27.6 Å². The van der Waals surface area contributed by atoms with Crippen molar-refractivity contribution in [3.63, 3.8) is 0 Å². The van der Waals surface area contributed by atoms with E-state index in [2.05, 4.69) is 4.74 Å². The molecule has 120 valence electrons. The van der Waals surface area contributed by atoms with Gasteiger partial charge in [0.2, 0.25) is 0 Å². The Bertz CT molecular complexity index is 754. The number of ether oxygens (including phenoxy) is 1. The SMILES string of the molecule is COC(=O)c1ccc(-c2ccc(C(F)(F)F)cc2)cc1[N+](=O)[O-]. The zero-order valence-corrected chi connectivity index (χ0v) is 11.8. The van der Waals surface area contributed by atoms with E-state index in [-0.39, 0.29) is 5.56 Å². The molecule has 0 spiro atoms. The van der Waals surface area contributed by atoms with Crippen molar-refractivity contribution in [2.75, 3.05) is 7.11 Å². The van der Waals surface area contributed by atoms with Crippen molar-refractivity contribution in [2.45, 2.75) is 6.18 Å². The number of methoxy groups -OCH3 is 1. The number of esters is 1. The minimum absolute atomic E-state index is 0.229. The molecule has 0 radical (unpaired) electrons. The highest BCUT2D eigenvalue weighted by Crippen LogP contribution is 2.32. The van der Waals surface area contributed by atoms with Gasteiger partial charge >= 0.3 is 12.1 Å². The summed E-state index contributed by atoms with van der Waals surface area (Å²) in [6, 6.07) is 7.91. The highest BCUT2D eigenvalue weighted by atomic mass is 19.4. The van der Waals surface area contributed by atoms with E-state index >= 15 is 0 Å². The second kappa shape index (κ2) is 6.07. The molecule has 2 aromatic carbocycles. The molecule has 0 bridgehead atoms. The van der Waals surface area contributed by atoms with Crippen LogP contribution in [-0.4, -0.2) is 18.0 Å². The zero-order chi connectivity index (χ0) is 17.2. The number of nitro benzene ring substituents is 1. The maximum atomic E-state index is 12.5. The molecule has 0 aromatic heterocycles. The summed E-state index contributed by atoms with van der Waals surface area (Å²) in [6.45, 7) is 0. The molecule has 0 saturated heterocycles. The molecular formula is C15H10F3NO4. The van der Waals surface area contributed by atoms with E-state index in [9.17, 15) is 28.1 Å². The van der Waals surface area contributed by atoms with E-state index in [1.165, 1.54) is 24.3 Å². The summed E-state index contributed by atoms with van der Waals surface area (Å²) in [5, 5.41) is 11.1. The number of benzene rings is 2. The van der Waals surface area contributed by atoms with Crippen molar-refractivity contribution in [2.24, 2.45) is 0 Å². The minimum atomic E-state index is -4.46. The Hall–Kier alpha value is -2.90. The molecule has 5 nitrogen and oxygen atoms in total. The van der Waals surface area contributed by atoms with Crippen LogP contribution in [0.5, 0.6) is 0 Å². The van der Waals surface area contributed by atoms with Gasteiger partial charge in [-0.2, -0.15) is 13.2 Å². The lowest BCUT2D eigenvalue weighted by Gasteiger charge is -2.08. The number of alkyl halides is 3. The van der Waals surface area contributed by atoms with Crippen LogP contribution in [0.2, 0.25) is 0 Å². The lowest BCUT2D eigenvalue weighted by Crippen LogP contribution is -2.06. The summed E-state index contributed by atoms with van der Waals surface area (Å²) in [4.78, 5) is 21.8. The lowest BCUT2D eigenvalue weighted by atomic mass is 10.0. The molecule has 0 atom stereocenters. The normalized spacial score (nSPS) is 11.1. The first-order valence-corrected chi connectivity index (χ1v) is 6.28. The second-order valence-corrected chi connectivity index (χ2v) is 4.56. The monoisotopic (exact) mass is 325 g/mol. The smallest absolute Gasteiger partial charge is 0.416 e. The van der Waals surface area contributed by atoms with E-state index in [4.69, 9.17) is 0 Å². The molecule has 23 heavy (non-hydrogen) atoms. The fourth-order valence-corrected chi connectivity index (χ4v) is 2.00. The van der Waals surface area contributed by atoms with Crippen molar-refractivity contribution in [1.29, 1.82) is 0 Å². The number of carbonyl (C=O) groups is 1. The maximum Gasteiger partial charge on any atom is 0.416 e. The van der Waals surface area contributed by atoms with E-state index in [1.54, 1.807) is 0 Å². The lowest BCUT2D eigenvalue weighted by molar-refractivity contribution is -0.385. The molecular weight excluding hydrogens is 315 g/mol. The number of halogens is 3. The number of nitro groups is 1. The summed E-state index contributed by atoms with van der Waals surface area (Å²) in [7, 11) is 1.09. The highest BCUT2D eigenvalue weighted by molar-refractivity contribution is 5.94. The fourth-order valence-electron chi connectivity index (χ4n) is 2.00. The van der Waals surface area contributed by atoms with E-state index in [1.807, 2.05) is 0 Å². The van der Waals surface area contributed by atoms with Gasteiger partial charge < -0.3 is 4.74 Å². The van der Waals surface area contributed by atoms with Crippen LogP contribution >= 0.6 is 0 Å². The molecule has 0 aliphatic rings. The first-order chi connectivity index (χ1) is 10.7. The van der Waals surface area contributed by atoms with Crippen LogP contribution in [0.15, 0.2) is 42.5 Å². The van der Waals surface area contributed by atoms with Gasteiger partial charge in [-0.3, -0.25) is 10.1 Å². The van der Waals surface area contributed by atoms with Gasteiger partial charge in [0.15, 0.2) is 0 Å². The minimum Gasteiger partial charge on any atom is -0.465 e. The van der Waals surface area contributed by atoms with Crippen LogP contribution < -0.4 is 0 Å². The summed E-state index contributed by atoms with van der Waals surface area (Å²) in [5.74, 6) is -0.865. The van der Waals surface area contributed by atoms with E-state index in [0.717, 1.165) is 25.3 Å². The average Bonchev–Trinajstić information content (AvgIpc) is 2.52. The quantitative estimate of drug-likeness (QED) is 0.484. The topological polar surface area (TPSA) is 69.4 Å². The fraction of sp³-hybridized carbons (Fsp3) is 0.133. The van der Waals surface area contributed by atoms with Crippen LogP contribution in [0.1, 0.15) is 15.9 Å². The van der Waals surface area contributed by atoms with E-state index in [0.29, 0.717) is 11.1 Å². The van der Waals surface area contributed by atoms with Gasteiger partial charge in [0.1, 0.15) is 5.56 Å².